The van der Waals surface area contributed by atoms with Gasteiger partial charge in [-0.1, -0.05) is 19.1 Å². The van der Waals surface area contributed by atoms with Gasteiger partial charge in [-0.2, -0.15) is 0 Å². The lowest BCUT2D eigenvalue weighted by Crippen LogP contribution is -2.19. The molecule has 1 aliphatic heterocycles. The fourth-order valence-electron chi connectivity index (χ4n) is 4.00. The van der Waals surface area contributed by atoms with Crippen LogP contribution in [0.1, 0.15) is 45.4 Å². The number of thioether (sulfide) groups is 1. The summed E-state index contributed by atoms with van der Waals surface area (Å²) in [6, 6.07) is 15.6. The lowest BCUT2D eigenvalue weighted by molar-refractivity contribution is -0.115. The first-order valence-electron chi connectivity index (χ1n) is 11.1. The van der Waals surface area contributed by atoms with E-state index in [1.54, 1.807) is 6.07 Å². The third-order valence-corrected chi connectivity index (χ3v) is 6.75. The summed E-state index contributed by atoms with van der Waals surface area (Å²) in [7, 11) is 1.38. The minimum Gasteiger partial charge on any atom is -0.465 e. The number of aliphatic imine (C=N–C) groups is 1. The number of aryl methyl sites for hydroxylation is 3. The number of esters is 1. The minimum atomic E-state index is -0.357. The van der Waals surface area contributed by atoms with Gasteiger partial charge in [-0.15, -0.1) is 0 Å². The summed E-state index contributed by atoms with van der Waals surface area (Å²) in [5.41, 5.74) is 7.51. The van der Waals surface area contributed by atoms with Crippen molar-refractivity contribution in [1.82, 2.24) is 9.88 Å². The normalized spacial score (nSPS) is 15.7. The van der Waals surface area contributed by atoms with Gasteiger partial charge in [0.15, 0.2) is 5.17 Å². The number of carbonyl (C=O) groups is 2. The van der Waals surface area contributed by atoms with Crippen LogP contribution in [0.25, 0.3) is 11.8 Å². The van der Waals surface area contributed by atoms with Crippen molar-refractivity contribution < 1.29 is 14.3 Å². The van der Waals surface area contributed by atoms with Gasteiger partial charge in [-0.3, -0.25) is 4.79 Å². The Bertz CT molecular complexity index is 1330. The second-order valence-corrected chi connectivity index (χ2v) is 9.19. The lowest BCUT2D eigenvalue weighted by Gasteiger charge is -2.14. The number of carbonyl (C=O) groups excluding carboxylic acids is 2. The second kappa shape index (κ2) is 9.73. The van der Waals surface area contributed by atoms with Crippen LogP contribution in [0.4, 0.5) is 5.69 Å². The van der Waals surface area contributed by atoms with E-state index in [1.165, 1.54) is 24.4 Å². The summed E-state index contributed by atoms with van der Waals surface area (Å²) in [6.45, 7) is 8.13. The lowest BCUT2D eigenvalue weighted by atomic mass is 10.1. The van der Waals surface area contributed by atoms with E-state index in [-0.39, 0.29) is 11.9 Å². The van der Waals surface area contributed by atoms with Gasteiger partial charge < -0.3 is 14.6 Å². The Hall–Kier alpha value is -3.58. The average Bonchev–Trinajstić information content (AvgIpc) is 3.31. The van der Waals surface area contributed by atoms with Gasteiger partial charge in [-0.25, -0.2) is 9.79 Å². The second-order valence-electron chi connectivity index (χ2n) is 8.16. The zero-order chi connectivity index (χ0) is 24.4. The van der Waals surface area contributed by atoms with E-state index >= 15 is 0 Å². The highest BCUT2D eigenvalue weighted by atomic mass is 32.2. The van der Waals surface area contributed by atoms with Crippen LogP contribution in [0.15, 0.2) is 58.4 Å². The Morgan fingerprint density at radius 3 is 2.50 bits per heavy atom. The Morgan fingerprint density at radius 1 is 1.12 bits per heavy atom. The number of nitrogens with zero attached hydrogens (tertiary/aromatic N) is 2. The minimum absolute atomic E-state index is 0.155. The molecule has 1 amide bonds. The fraction of sp³-hybridized carbons (Fsp3) is 0.222. The molecule has 0 bridgehead atoms. The maximum Gasteiger partial charge on any atom is 0.337 e. The van der Waals surface area contributed by atoms with Gasteiger partial charge in [0.1, 0.15) is 0 Å². The van der Waals surface area contributed by atoms with Crippen molar-refractivity contribution in [3.63, 3.8) is 0 Å². The summed E-state index contributed by atoms with van der Waals surface area (Å²) in [6.07, 6.45) is 2.88. The van der Waals surface area contributed by atoms with E-state index in [0.29, 0.717) is 15.6 Å². The number of hydrogen-bond acceptors (Lipinski definition) is 5. The topological polar surface area (TPSA) is 72.7 Å². The molecular formula is C27H27N3O3S. The molecule has 1 N–H and O–H groups in total. The number of hydrogen-bond donors (Lipinski definition) is 1. The van der Waals surface area contributed by atoms with Crippen LogP contribution in [0.3, 0.4) is 0 Å². The summed E-state index contributed by atoms with van der Waals surface area (Å²) < 4.78 is 6.96. The number of aromatic nitrogens is 1. The monoisotopic (exact) mass is 473 g/mol. The van der Waals surface area contributed by atoms with E-state index in [2.05, 4.69) is 27.9 Å². The molecule has 7 heteroatoms. The number of amides is 1. The Kier molecular flexibility index (Phi) is 6.75. The summed E-state index contributed by atoms with van der Waals surface area (Å²) in [5, 5.41) is 3.43. The largest absolute Gasteiger partial charge is 0.465 e. The predicted molar refractivity (Wildman–Crippen MR) is 138 cm³/mol. The van der Waals surface area contributed by atoms with E-state index in [4.69, 9.17) is 4.74 Å². The van der Waals surface area contributed by atoms with Gasteiger partial charge >= 0.3 is 5.97 Å². The van der Waals surface area contributed by atoms with Gasteiger partial charge in [0.05, 0.1) is 23.3 Å². The molecule has 1 saturated heterocycles. The van der Waals surface area contributed by atoms with E-state index in [0.717, 1.165) is 40.3 Å². The van der Waals surface area contributed by atoms with Crippen molar-refractivity contribution in [3.05, 3.63) is 87.1 Å². The van der Waals surface area contributed by atoms with Crippen LogP contribution >= 0.6 is 11.8 Å². The molecule has 0 unspecified atom stereocenters. The molecule has 1 aliphatic rings. The Balaban J connectivity index is 1.62. The third kappa shape index (κ3) is 4.70. The highest BCUT2D eigenvalue weighted by Gasteiger charge is 2.25. The number of amidine groups is 1. The molecule has 0 atom stereocenters. The van der Waals surface area contributed by atoms with Crippen molar-refractivity contribution in [1.29, 1.82) is 0 Å². The quantitative estimate of drug-likeness (QED) is 0.384. The Labute approximate surface area is 203 Å². The number of ether oxygens (including phenoxy) is 1. The molecule has 34 heavy (non-hydrogen) atoms. The molecule has 2 aromatic carbocycles. The highest BCUT2D eigenvalue weighted by molar-refractivity contribution is 8.18. The predicted octanol–water partition coefficient (Wildman–Crippen LogP) is 5.64. The zero-order valence-corrected chi connectivity index (χ0v) is 20.7. The first kappa shape index (κ1) is 23.6. The van der Waals surface area contributed by atoms with Crippen LogP contribution in [-0.2, 0) is 16.0 Å². The van der Waals surface area contributed by atoms with Crippen molar-refractivity contribution in [2.24, 2.45) is 4.99 Å². The molecular weight excluding hydrogens is 446 g/mol. The zero-order valence-electron chi connectivity index (χ0n) is 19.9. The van der Waals surface area contributed by atoms with Gasteiger partial charge in [-0.05, 0) is 98.1 Å². The third-order valence-electron chi connectivity index (χ3n) is 5.84. The van der Waals surface area contributed by atoms with Crippen molar-refractivity contribution >= 4 is 40.6 Å². The number of nitrogens with one attached hydrogen (secondary N) is 1. The highest BCUT2D eigenvalue weighted by Crippen LogP contribution is 2.31. The van der Waals surface area contributed by atoms with E-state index in [1.807, 2.05) is 63.2 Å². The first-order chi connectivity index (χ1) is 16.3. The number of rotatable bonds is 5. The van der Waals surface area contributed by atoms with Crippen molar-refractivity contribution in [3.8, 4) is 5.69 Å². The average molecular weight is 474 g/mol. The molecule has 0 saturated carbocycles. The standard InChI is InChI=1S/C27H27N3O3S/c1-6-19-7-10-22(11-8-19)28-27-29-25(31)24(34-27)15-21-14-17(3)30(18(21)4)23-12-9-20(13-16(23)2)26(32)33-5/h7-15H,6H2,1-5H3,(H,28,29,31)/b24-15-. The van der Waals surface area contributed by atoms with Crippen molar-refractivity contribution in [2.45, 2.75) is 34.1 Å². The fourth-order valence-corrected chi connectivity index (χ4v) is 4.83. The molecule has 0 radical (unpaired) electrons. The van der Waals surface area contributed by atoms with Gasteiger partial charge in [0, 0.05) is 17.1 Å². The van der Waals surface area contributed by atoms with Gasteiger partial charge in [0.25, 0.3) is 5.91 Å². The first-order valence-corrected chi connectivity index (χ1v) is 11.9. The Morgan fingerprint density at radius 2 is 1.85 bits per heavy atom. The number of benzene rings is 2. The van der Waals surface area contributed by atoms with Gasteiger partial charge in [0.2, 0.25) is 0 Å². The molecule has 174 valence electrons. The van der Waals surface area contributed by atoms with Crippen LogP contribution in [-0.4, -0.2) is 28.7 Å². The molecule has 6 nitrogen and oxygen atoms in total. The van der Waals surface area contributed by atoms with Crippen LogP contribution in [0, 0.1) is 20.8 Å². The summed E-state index contributed by atoms with van der Waals surface area (Å²) in [4.78, 5) is 29.6. The maximum atomic E-state index is 12.6. The number of methoxy groups -OCH3 is 1. The van der Waals surface area contributed by atoms with Crippen LogP contribution < -0.4 is 5.32 Å². The van der Waals surface area contributed by atoms with Crippen LogP contribution in [0.5, 0.6) is 0 Å². The molecule has 4 rings (SSSR count). The maximum absolute atomic E-state index is 12.6. The molecule has 3 aromatic rings. The summed E-state index contributed by atoms with van der Waals surface area (Å²) >= 11 is 1.34. The molecule has 1 fully saturated rings. The molecule has 2 heterocycles. The molecule has 0 spiro atoms. The summed E-state index contributed by atoms with van der Waals surface area (Å²) in [5.74, 6) is -0.513. The van der Waals surface area contributed by atoms with E-state index in [9.17, 15) is 9.59 Å². The SMILES string of the molecule is CCc1ccc(N=C2NC(=O)/C(=C/c3cc(C)n(-c4ccc(C(=O)OC)cc4C)c3C)S2)cc1. The van der Waals surface area contributed by atoms with E-state index < -0.39 is 0 Å². The molecule has 1 aromatic heterocycles. The van der Waals surface area contributed by atoms with Crippen molar-refractivity contribution in [2.75, 3.05) is 7.11 Å². The van der Waals surface area contributed by atoms with Crippen LogP contribution in [0.2, 0.25) is 0 Å². The smallest absolute Gasteiger partial charge is 0.337 e. The molecule has 0 aliphatic carbocycles.